The van der Waals surface area contributed by atoms with Crippen LogP contribution in [0.1, 0.15) is 5.76 Å². The van der Waals surface area contributed by atoms with Crippen LogP contribution in [0.4, 0.5) is 16.2 Å². The Kier molecular flexibility index (Phi) is 3.22. The Morgan fingerprint density at radius 1 is 1.47 bits per heavy atom. The van der Waals surface area contributed by atoms with Crippen molar-refractivity contribution in [2.45, 2.75) is 6.54 Å². The van der Waals surface area contributed by atoms with E-state index < -0.39 is 5.82 Å². The molecular formula is C11H13FN4O. The molecular weight excluding hydrogens is 223 g/mol. The summed E-state index contributed by atoms with van der Waals surface area (Å²) >= 11 is 0. The van der Waals surface area contributed by atoms with Gasteiger partial charge in [-0.15, -0.1) is 0 Å². The van der Waals surface area contributed by atoms with Crippen LogP contribution in [-0.2, 0) is 6.54 Å². The number of nitrogens with zero attached hydrogens (tertiary/aromatic N) is 3. The van der Waals surface area contributed by atoms with Crippen LogP contribution in [0.2, 0.25) is 0 Å². The maximum Gasteiger partial charge on any atom is 0.225 e. The molecule has 0 atom stereocenters. The van der Waals surface area contributed by atoms with Gasteiger partial charge in [-0.2, -0.15) is 4.98 Å². The fraction of sp³-hybridized carbons (Fsp3) is 0.273. The van der Waals surface area contributed by atoms with Crippen molar-refractivity contribution in [1.29, 1.82) is 0 Å². The van der Waals surface area contributed by atoms with E-state index in [1.807, 2.05) is 6.07 Å². The molecule has 0 bridgehead atoms. The van der Waals surface area contributed by atoms with E-state index in [9.17, 15) is 4.39 Å². The summed E-state index contributed by atoms with van der Waals surface area (Å²) in [7, 11) is 3.45. The highest BCUT2D eigenvalue weighted by atomic mass is 19.1. The average molecular weight is 236 g/mol. The van der Waals surface area contributed by atoms with Crippen LogP contribution < -0.4 is 10.2 Å². The molecule has 0 aliphatic heterocycles. The number of furan rings is 1. The topological polar surface area (TPSA) is 54.2 Å². The predicted molar refractivity (Wildman–Crippen MR) is 62.4 cm³/mol. The van der Waals surface area contributed by atoms with E-state index >= 15 is 0 Å². The normalized spacial score (nSPS) is 10.3. The fourth-order valence-electron chi connectivity index (χ4n) is 1.34. The number of halogens is 1. The molecule has 0 amide bonds. The minimum atomic E-state index is -0.446. The van der Waals surface area contributed by atoms with E-state index in [-0.39, 0.29) is 5.82 Å². The third-order valence-corrected chi connectivity index (χ3v) is 2.15. The van der Waals surface area contributed by atoms with E-state index in [4.69, 9.17) is 4.42 Å². The smallest absolute Gasteiger partial charge is 0.225 e. The molecule has 1 N–H and O–H groups in total. The minimum Gasteiger partial charge on any atom is -0.467 e. The molecule has 17 heavy (non-hydrogen) atoms. The number of rotatable bonds is 4. The van der Waals surface area contributed by atoms with Gasteiger partial charge in [0.2, 0.25) is 5.95 Å². The van der Waals surface area contributed by atoms with Gasteiger partial charge in [0.15, 0.2) is 11.6 Å². The zero-order chi connectivity index (χ0) is 12.3. The molecule has 0 spiro atoms. The summed E-state index contributed by atoms with van der Waals surface area (Å²) in [5.74, 6) is 0.941. The summed E-state index contributed by atoms with van der Waals surface area (Å²) in [6.45, 7) is 0.464. The molecule has 0 radical (unpaired) electrons. The Labute approximate surface area is 98.3 Å². The molecule has 90 valence electrons. The van der Waals surface area contributed by atoms with Crippen molar-refractivity contribution in [3.05, 3.63) is 36.2 Å². The second-order valence-corrected chi connectivity index (χ2v) is 3.69. The zero-order valence-electron chi connectivity index (χ0n) is 9.64. The monoisotopic (exact) mass is 236 g/mol. The lowest BCUT2D eigenvalue weighted by Gasteiger charge is -2.12. The fourth-order valence-corrected chi connectivity index (χ4v) is 1.34. The third kappa shape index (κ3) is 2.72. The Bertz CT molecular complexity index is 484. The summed E-state index contributed by atoms with van der Waals surface area (Å²) in [6.07, 6.45) is 2.74. The molecule has 2 heterocycles. The molecule has 2 aromatic rings. The first-order valence-corrected chi connectivity index (χ1v) is 5.13. The Morgan fingerprint density at radius 2 is 2.29 bits per heavy atom. The third-order valence-electron chi connectivity index (χ3n) is 2.15. The number of anilines is 2. The molecule has 2 rings (SSSR count). The average Bonchev–Trinajstić information content (AvgIpc) is 2.80. The van der Waals surface area contributed by atoms with Gasteiger partial charge in [0.05, 0.1) is 19.0 Å². The number of hydrogen-bond acceptors (Lipinski definition) is 5. The van der Waals surface area contributed by atoms with Gasteiger partial charge >= 0.3 is 0 Å². The van der Waals surface area contributed by atoms with Gasteiger partial charge in [0.1, 0.15) is 5.76 Å². The van der Waals surface area contributed by atoms with Gasteiger partial charge in [-0.25, -0.2) is 9.37 Å². The minimum absolute atomic E-state index is 0.252. The van der Waals surface area contributed by atoms with Crippen molar-refractivity contribution in [2.24, 2.45) is 0 Å². The molecule has 0 aromatic carbocycles. The molecule has 6 heteroatoms. The van der Waals surface area contributed by atoms with E-state index in [0.717, 1.165) is 12.0 Å². The summed E-state index contributed by atoms with van der Waals surface area (Å²) in [6, 6.07) is 3.64. The first-order chi connectivity index (χ1) is 8.16. The first kappa shape index (κ1) is 11.4. The molecule has 2 aromatic heterocycles. The van der Waals surface area contributed by atoms with Crippen molar-refractivity contribution in [1.82, 2.24) is 9.97 Å². The van der Waals surface area contributed by atoms with Crippen LogP contribution in [0.3, 0.4) is 0 Å². The SMILES string of the molecule is CN(C)c1nc(NCc2ccco2)ncc1F. The maximum atomic E-state index is 13.3. The van der Waals surface area contributed by atoms with Crippen molar-refractivity contribution in [2.75, 3.05) is 24.3 Å². The quantitative estimate of drug-likeness (QED) is 0.878. The molecule has 0 fully saturated rings. The zero-order valence-corrected chi connectivity index (χ0v) is 9.64. The van der Waals surface area contributed by atoms with Gasteiger partial charge in [-0.3, -0.25) is 0 Å². The summed E-state index contributed by atoms with van der Waals surface area (Å²) in [4.78, 5) is 9.51. The summed E-state index contributed by atoms with van der Waals surface area (Å²) in [5, 5.41) is 2.96. The van der Waals surface area contributed by atoms with Crippen LogP contribution >= 0.6 is 0 Å². The largest absolute Gasteiger partial charge is 0.467 e. The second kappa shape index (κ2) is 4.82. The maximum absolute atomic E-state index is 13.3. The highest BCUT2D eigenvalue weighted by molar-refractivity contribution is 5.42. The molecule has 5 nitrogen and oxygen atoms in total. The van der Waals surface area contributed by atoms with Crippen LogP contribution in [-0.4, -0.2) is 24.1 Å². The predicted octanol–water partition coefficient (Wildman–Crippen LogP) is 1.89. The number of aromatic nitrogens is 2. The number of nitrogens with one attached hydrogen (secondary N) is 1. The van der Waals surface area contributed by atoms with Crippen molar-refractivity contribution in [3.8, 4) is 0 Å². The standard InChI is InChI=1S/C11H13FN4O/c1-16(2)10-9(12)7-14-11(15-10)13-6-8-4-3-5-17-8/h3-5,7H,6H2,1-2H3,(H,13,14,15). The van der Waals surface area contributed by atoms with E-state index in [0.29, 0.717) is 12.5 Å². The van der Waals surface area contributed by atoms with E-state index in [1.54, 1.807) is 31.3 Å². The summed E-state index contributed by atoms with van der Waals surface area (Å²) in [5.41, 5.74) is 0. The highest BCUT2D eigenvalue weighted by Gasteiger charge is 2.08. The van der Waals surface area contributed by atoms with Crippen LogP contribution in [0.15, 0.2) is 29.0 Å². The van der Waals surface area contributed by atoms with Gasteiger partial charge < -0.3 is 14.6 Å². The Balaban J connectivity index is 2.09. The summed E-state index contributed by atoms with van der Waals surface area (Å²) < 4.78 is 18.5. The van der Waals surface area contributed by atoms with E-state index in [2.05, 4.69) is 15.3 Å². The lowest BCUT2D eigenvalue weighted by Crippen LogP contribution is -2.14. The molecule has 0 unspecified atom stereocenters. The van der Waals surface area contributed by atoms with Crippen LogP contribution in [0, 0.1) is 5.82 Å². The lowest BCUT2D eigenvalue weighted by atomic mass is 10.4. The highest BCUT2D eigenvalue weighted by Crippen LogP contribution is 2.14. The molecule has 0 aliphatic rings. The van der Waals surface area contributed by atoms with Crippen molar-refractivity contribution >= 4 is 11.8 Å². The molecule has 0 saturated carbocycles. The second-order valence-electron chi connectivity index (χ2n) is 3.69. The number of hydrogen-bond donors (Lipinski definition) is 1. The lowest BCUT2D eigenvalue weighted by molar-refractivity contribution is 0.517. The Morgan fingerprint density at radius 3 is 2.94 bits per heavy atom. The van der Waals surface area contributed by atoms with Gasteiger partial charge in [0.25, 0.3) is 0 Å². The Hall–Kier alpha value is -2.11. The molecule has 0 saturated heterocycles. The van der Waals surface area contributed by atoms with Gasteiger partial charge in [-0.1, -0.05) is 0 Å². The van der Waals surface area contributed by atoms with E-state index in [1.165, 1.54) is 0 Å². The van der Waals surface area contributed by atoms with Gasteiger partial charge in [-0.05, 0) is 12.1 Å². The molecule has 0 aliphatic carbocycles. The first-order valence-electron chi connectivity index (χ1n) is 5.13. The van der Waals surface area contributed by atoms with Crippen molar-refractivity contribution < 1.29 is 8.81 Å². The van der Waals surface area contributed by atoms with Crippen LogP contribution in [0.5, 0.6) is 0 Å². The van der Waals surface area contributed by atoms with Gasteiger partial charge in [0, 0.05) is 14.1 Å². The van der Waals surface area contributed by atoms with Crippen molar-refractivity contribution in [3.63, 3.8) is 0 Å². The van der Waals surface area contributed by atoms with Crippen LogP contribution in [0.25, 0.3) is 0 Å².